The predicted octanol–water partition coefficient (Wildman–Crippen LogP) is 3.93. The summed E-state index contributed by atoms with van der Waals surface area (Å²) in [5, 5.41) is 2.44. The van der Waals surface area contributed by atoms with E-state index in [0.29, 0.717) is 5.56 Å². The van der Waals surface area contributed by atoms with Crippen LogP contribution in [0.25, 0.3) is 0 Å². The Balaban J connectivity index is 2.38. The van der Waals surface area contributed by atoms with Crippen LogP contribution in [0.4, 0.5) is 17.6 Å². The number of methoxy groups -OCH3 is 1. The number of rotatable bonds is 5. The van der Waals surface area contributed by atoms with Crippen LogP contribution in [0.1, 0.15) is 28.4 Å². The van der Waals surface area contributed by atoms with Gasteiger partial charge in [0.2, 0.25) is 0 Å². The van der Waals surface area contributed by atoms with Crippen LogP contribution in [0.3, 0.4) is 0 Å². The molecule has 4 nitrogen and oxygen atoms in total. The summed E-state index contributed by atoms with van der Waals surface area (Å²) in [7, 11) is 1.12. The highest BCUT2D eigenvalue weighted by atomic mass is 35.5. The molecule has 1 amide bonds. The number of carbonyl (C=O) groups is 2. The number of amides is 1. The van der Waals surface area contributed by atoms with Crippen LogP contribution in [0, 0.1) is 23.3 Å². The largest absolute Gasteiger partial charge is 0.469 e. The van der Waals surface area contributed by atoms with Crippen LogP contribution in [-0.4, -0.2) is 19.0 Å². The minimum atomic E-state index is -2.11. The van der Waals surface area contributed by atoms with E-state index in [4.69, 9.17) is 11.6 Å². The van der Waals surface area contributed by atoms with Crippen LogP contribution in [0.5, 0.6) is 0 Å². The summed E-state index contributed by atoms with van der Waals surface area (Å²) in [6.07, 6.45) is -0.375. The van der Waals surface area contributed by atoms with Crippen LogP contribution in [0.2, 0.25) is 5.02 Å². The first-order chi connectivity index (χ1) is 12.3. The molecule has 1 unspecified atom stereocenters. The lowest BCUT2D eigenvalue weighted by molar-refractivity contribution is -0.141. The van der Waals surface area contributed by atoms with Crippen molar-refractivity contribution in [3.05, 3.63) is 69.8 Å². The second kappa shape index (κ2) is 8.18. The van der Waals surface area contributed by atoms with E-state index in [2.05, 4.69) is 10.1 Å². The molecule has 2 aromatic rings. The highest BCUT2D eigenvalue weighted by Crippen LogP contribution is 2.26. The average Bonchev–Trinajstić information content (AvgIpc) is 2.62. The van der Waals surface area contributed by atoms with Crippen LogP contribution < -0.4 is 5.32 Å². The fourth-order valence-corrected chi connectivity index (χ4v) is 2.49. The average molecular weight is 390 g/mol. The molecule has 0 saturated carbocycles. The molecule has 9 heteroatoms. The fourth-order valence-electron chi connectivity index (χ4n) is 2.22. The Bertz CT molecular complexity index is 860. The summed E-state index contributed by atoms with van der Waals surface area (Å²) in [4.78, 5) is 23.8. The van der Waals surface area contributed by atoms with Gasteiger partial charge in [0.15, 0.2) is 23.3 Å². The maximum atomic E-state index is 13.8. The third kappa shape index (κ3) is 4.13. The van der Waals surface area contributed by atoms with Gasteiger partial charge in [0.1, 0.15) is 0 Å². The van der Waals surface area contributed by atoms with Crippen molar-refractivity contribution in [1.29, 1.82) is 0 Å². The molecule has 2 rings (SSSR count). The van der Waals surface area contributed by atoms with E-state index in [0.717, 1.165) is 7.11 Å². The molecule has 0 aliphatic carbocycles. The second-order valence-corrected chi connectivity index (χ2v) is 5.58. The van der Waals surface area contributed by atoms with E-state index < -0.39 is 46.8 Å². The summed E-state index contributed by atoms with van der Waals surface area (Å²) in [6.45, 7) is 0. The van der Waals surface area contributed by atoms with E-state index in [1.807, 2.05) is 0 Å². The summed E-state index contributed by atoms with van der Waals surface area (Å²) in [6, 6.07) is 5.33. The SMILES string of the molecule is COC(=O)CC(NC(=O)c1cc(F)c(F)c(F)c1F)c1ccccc1Cl. The zero-order chi connectivity index (χ0) is 19.4. The molecule has 2 aromatic carbocycles. The molecule has 0 spiro atoms. The molecule has 0 fully saturated rings. The number of hydrogen-bond acceptors (Lipinski definition) is 3. The Hall–Kier alpha value is -2.61. The first kappa shape index (κ1) is 19.7. The standard InChI is InChI=1S/C17H12ClF4NO3/c1-26-13(24)7-12(8-4-2-3-5-10(8)18)23-17(25)9-6-11(19)15(21)16(22)14(9)20/h2-6,12H,7H2,1H3,(H,23,25). The maximum absolute atomic E-state index is 13.8. The molecule has 1 N–H and O–H groups in total. The van der Waals surface area contributed by atoms with Crippen molar-refractivity contribution >= 4 is 23.5 Å². The molecule has 0 saturated heterocycles. The molecule has 0 aliphatic heterocycles. The van der Waals surface area contributed by atoms with E-state index in [9.17, 15) is 27.2 Å². The zero-order valence-corrected chi connectivity index (χ0v) is 14.0. The van der Waals surface area contributed by atoms with Crippen LogP contribution >= 0.6 is 11.6 Å². The zero-order valence-electron chi connectivity index (χ0n) is 13.3. The molecular formula is C17H12ClF4NO3. The van der Waals surface area contributed by atoms with Gasteiger partial charge >= 0.3 is 5.97 Å². The normalized spacial score (nSPS) is 11.8. The Morgan fingerprint density at radius 3 is 2.38 bits per heavy atom. The molecule has 26 heavy (non-hydrogen) atoms. The third-order valence-electron chi connectivity index (χ3n) is 3.53. The van der Waals surface area contributed by atoms with E-state index in [1.165, 1.54) is 12.1 Å². The third-order valence-corrected chi connectivity index (χ3v) is 3.88. The monoisotopic (exact) mass is 389 g/mol. The van der Waals surface area contributed by atoms with Crippen molar-refractivity contribution < 1.29 is 31.9 Å². The van der Waals surface area contributed by atoms with Gasteiger partial charge in [-0.3, -0.25) is 9.59 Å². The first-order valence-electron chi connectivity index (χ1n) is 7.21. The maximum Gasteiger partial charge on any atom is 0.307 e. The Labute approximate surface area is 150 Å². The number of hydrogen-bond donors (Lipinski definition) is 1. The number of ether oxygens (including phenoxy) is 1. The highest BCUT2D eigenvalue weighted by molar-refractivity contribution is 6.31. The lowest BCUT2D eigenvalue weighted by atomic mass is 10.0. The molecular weight excluding hydrogens is 378 g/mol. The van der Waals surface area contributed by atoms with Crippen molar-refractivity contribution in [1.82, 2.24) is 5.32 Å². The first-order valence-corrected chi connectivity index (χ1v) is 7.59. The van der Waals surface area contributed by atoms with E-state index >= 15 is 0 Å². The van der Waals surface area contributed by atoms with Crippen molar-refractivity contribution in [3.8, 4) is 0 Å². The molecule has 0 bridgehead atoms. The summed E-state index contributed by atoms with van der Waals surface area (Å²) in [5.41, 5.74) is -0.750. The topological polar surface area (TPSA) is 55.4 Å². The molecule has 138 valence electrons. The van der Waals surface area contributed by atoms with E-state index in [-0.39, 0.29) is 17.5 Å². The molecule has 0 heterocycles. The van der Waals surface area contributed by atoms with Crippen molar-refractivity contribution in [2.45, 2.75) is 12.5 Å². The quantitative estimate of drug-likeness (QED) is 0.365. The van der Waals surface area contributed by atoms with Crippen molar-refractivity contribution in [2.24, 2.45) is 0 Å². The number of benzene rings is 2. The summed E-state index contributed by atoms with van der Waals surface area (Å²) < 4.78 is 58.0. The number of carbonyl (C=O) groups excluding carboxylic acids is 2. The lowest BCUT2D eigenvalue weighted by Gasteiger charge is -2.19. The van der Waals surface area contributed by atoms with Crippen LogP contribution in [-0.2, 0) is 9.53 Å². The fraction of sp³-hybridized carbons (Fsp3) is 0.176. The van der Waals surface area contributed by atoms with Gasteiger partial charge in [-0.2, -0.15) is 0 Å². The lowest BCUT2D eigenvalue weighted by Crippen LogP contribution is -2.31. The number of halogens is 5. The predicted molar refractivity (Wildman–Crippen MR) is 84.6 cm³/mol. The van der Waals surface area contributed by atoms with Gasteiger partial charge in [-0.25, -0.2) is 17.6 Å². The Morgan fingerprint density at radius 1 is 1.12 bits per heavy atom. The van der Waals surface area contributed by atoms with Gasteiger partial charge in [-0.1, -0.05) is 29.8 Å². The van der Waals surface area contributed by atoms with Gasteiger partial charge in [-0.15, -0.1) is 0 Å². The molecule has 1 atom stereocenters. The van der Waals surface area contributed by atoms with Gasteiger partial charge in [0, 0.05) is 5.02 Å². The van der Waals surface area contributed by atoms with Crippen molar-refractivity contribution in [3.63, 3.8) is 0 Å². The molecule has 0 aliphatic rings. The molecule has 0 aromatic heterocycles. The Morgan fingerprint density at radius 2 is 1.77 bits per heavy atom. The number of nitrogens with one attached hydrogen (secondary N) is 1. The van der Waals surface area contributed by atoms with Gasteiger partial charge in [0.05, 0.1) is 25.1 Å². The highest BCUT2D eigenvalue weighted by Gasteiger charge is 2.26. The second-order valence-electron chi connectivity index (χ2n) is 5.18. The summed E-state index contributed by atoms with van der Waals surface area (Å²) in [5.74, 6) is -9.69. The number of esters is 1. The van der Waals surface area contributed by atoms with E-state index in [1.54, 1.807) is 12.1 Å². The van der Waals surface area contributed by atoms with Crippen LogP contribution in [0.15, 0.2) is 30.3 Å². The minimum absolute atomic E-state index is 0.193. The van der Waals surface area contributed by atoms with Crippen molar-refractivity contribution in [2.75, 3.05) is 7.11 Å². The van der Waals surface area contributed by atoms with Gasteiger partial charge in [-0.05, 0) is 17.7 Å². The van der Waals surface area contributed by atoms with Gasteiger partial charge in [0.25, 0.3) is 5.91 Å². The Kier molecular flexibility index (Phi) is 6.20. The molecule has 0 radical (unpaired) electrons. The smallest absolute Gasteiger partial charge is 0.307 e. The van der Waals surface area contributed by atoms with Gasteiger partial charge < -0.3 is 10.1 Å². The summed E-state index contributed by atoms with van der Waals surface area (Å²) >= 11 is 6.03. The minimum Gasteiger partial charge on any atom is -0.469 e.